The third kappa shape index (κ3) is 5.20. The van der Waals surface area contributed by atoms with Crippen LogP contribution in [0.5, 0.6) is 0 Å². The maximum Gasteiger partial charge on any atom is 0.253 e. The van der Waals surface area contributed by atoms with E-state index in [1.807, 2.05) is 29.9 Å². The van der Waals surface area contributed by atoms with Gasteiger partial charge < -0.3 is 9.88 Å². The fourth-order valence-electron chi connectivity index (χ4n) is 2.51. The first-order valence-electron chi connectivity index (χ1n) is 8.54. The summed E-state index contributed by atoms with van der Waals surface area (Å²) in [6.45, 7) is 0.284. The standard InChI is InChI=1S/C19H18ClFN4O3S/c1-25-8-2-3-15(25)12-23-19(26)13-4-5-14(22-10-13)11-24-29(27,28)16-6-7-18(21)17(20)9-16/h2-10,24H,11-12H2,1H3,(H,23,26). The SMILES string of the molecule is Cn1cccc1CNC(=O)c1ccc(CNS(=O)(=O)c2ccc(F)c(Cl)c2)nc1. The zero-order chi connectivity index (χ0) is 21.0. The van der Waals surface area contributed by atoms with Crippen LogP contribution in [0.2, 0.25) is 5.02 Å². The summed E-state index contributed by atoms with van der Waals surface area (Å²) in [5.74, 6) is -0.986. The van der Waals surface area contributed by atoms with Crippen molar-refractivity contribution in [3.8, 4) is 0 Å². The molecular formula is C19H18ClFN4O3S. The van der Waals surface area contributed by atoms with Crippen LogP contribution in [-0.2, 0) is 30.2 Å². The molecule has 2 aromatic heterocycles. The van der Waals surface area contributed by atoms with Gasteiger partial charge in [0.2, 0.25) is 10.0 Å². The van der Waals surface area contributed by atoms with Gasteiger partial charge >= 0.3 is 0 Å². The first-order valence-corrected chi connectivity index (χ1v) is 10.4. The van der Waals surface area contributed by atoms with Gasteiger partial charge in [-0.3, -0.25) is 9.78 Å². The molecule has 0 unspecified atom stereocenters. The van der Waals surface area contributed by atoms with Crippen molar-refractivity contribution in [2.45, 2.75) is 18.0 Å². The van der Waals surface area contributed by atoms with Crippen molar-refractivity contribution in [2.75, 3.05) is 0 Å². The molecule has 0 saturated carbocycles. The number of carbonyl (C=O) groups is 1. The number of hydrogen-bond donors (Lipinski definition) is 2. The van der Waals surface area contributed by atoms with E-state index in [0.29, 0.717) is 17.8 Å². The fourth-order valence-corrected chi connectivity index (χ4v) is 3.78. The Morgan fingerprint density at radius 2 is 2.00 bits per heavy atom. The summed E-state index contributed by atoms with van der Waals surface area (Å²) in [5, 5.41) is 2.51. The van der Waals surface area contributed by atoms with E-state index in [4.69, 9.17) is 11.6 Å². The van der Waals surface area contributed by atoms with Gasteiger partial charge in [0, 0.05) is 25.1 Å². The Balaban J connectivity index is 1.59. The number of sulfonamides is 1. The van der Waals surface area contributed by atoms with Crippen LogP contribution in [-0.4, -0.2) is 23.9 Å². The van der Waals surface area contributed by atoms with Crippen molar-refractivity contribution < 1.29 is 17.6 Å². The number of rotatable bonds is 7. The second-order valence-electron chi connectivity index (χ2n) is 6.23. The zero-order valence-corrected chi connectivity index (χ0v) is 17.0. The topological polar surface area (TPSA) is 93.1 Å². The molecule has 1 aromatic carbocycles. The van der Waals surface area contributed by atoms with Crippen LogP contribution in [0, 0.1) is 5.82 Å². The molecule has 0 radical (unpaired) electrons. The van der Waals surface area contributed by atoms with E-state index >= 15 is 0 Å². The van der Waals surface area contributed by atoms with Gasteiger partial charge in [0.1, 0.15) is 5.82 Å². The summed E-state index contributed by atoms with van der Waals surface area (Å²) >= 11 is 5.63. The number of benzene rings is 1. The summed E-state index contributed by atoms with van der Waals surface area (Å²) in [6, 6.07) is 10.0. The lowest BCUT2D eigenvalue weighted by molar-refractivity contribution is 0.0949. The number of nitrogens with one attached hydrogen (secondary N) is 2. The first-order chi connectivity index (χ1) is 13.8. The predicted octanol–water partition coefficient (Wildman–Crippen LogP) is 2.62. The number of carbonyl (C=O) groups excluding carboxylic acids is 1. The van der Waals surface area contributed by atoms with Gasteiger partial charge in [0.15, 0.2) is 0 Å². The van der Waals surface area contributed by atoms with Crippen LogP contribution in [0.1, 0.15) is 21.7 Å². The first kappa shape index (κ1) is 21.0. The second kappa shape index (κ2) is 8.73. The Hall–Kier alpha value is -2.75. The van der Waals surface area contributed by atoms with E-state index in [0.717, 1.165) is 23.9 Å². The lowest BCUT2D eigenvalue weighted by Crippen LogP contribution is -2.25. The van der Waals surface area contributed by atoms with Crippen molar-refractivity contribution >= 4 is 27.5 Å². The molecule has 0 aliphatic rings. The van der Waals surface area contributed by atoms with E-state index in [1.54, 1.807) is 12.1 Å². The second-order valence-corrected chi connectivity index (χ2v) is 8.41. The largest absolute Gasteiger partial charge is 0.353 e. The number of aryl methyl sites for hydroxylation is 1. The minimum absolute atomic E-state index is 0.0947. The number of halogens is 2. The lowest BCUT2D eigenvalue weighted by atomic mass is 10.2. The van der Waals surface area contributed by atoms with Gasteiger partial charge in [-0.05, 0) is 42.5 Å². The lowest BCUT2D eigenvalue weighted by Gasteiger charge is -2.08. The Bertz CT molecular complexity index is 1130. The molecule has 0 saturated heterocycles. The van der Waals surface area contributed by atoms with Crippen LogP contribution >= 0.6 is 11.6 Å². The van der Waals surface area contributed by atoms with Gasteiger partial charge in [-0.25, -0.2) is 17.5 Å². The molecule has 0 bridgehead atoms. The van der Waals surface area contributed by atoms with E-state index in [2.05, 4.69) is 15.0 Å². The van der Waals surface area contributed by atoms with Crippen LogP contribution in [0.3, 0.4) is 0 Å². The number of hydrogen-bond acceptors (Lipinski definition) is 4. The summed E-state index contributed by atoms with van der Waals surface area (Å²) in [7, 11) is -2.00. The molecule has 0 aliphatic carbocycles. The Labute approximate surface area is 172 Å². The van der Waals surface area contributed by atoms with Crippen LogP contribution < -0.4 is 10.0 Å². The van der Waals surface area contributed by atoms with Crippen molar-refractivity contribution in [1.29, 1.82) is 0 Å². The highest BCUT2D eigenvalue weighted by Gasteiger charge is 2.16. The number of pyridine rings is 1. The van der Waals surface area contributed by atoms with Crippen molar-refractivity contribution in [3.05, 3.63) is 82.6 Å². The average molecular weight is 437 g/mol. The van der Waals surface area contributed by atoms with Gasteiger partial charge in [-0.1, -0.05) is 11.6 Å². The van der Waals surface area contributed by atoms with Crippen molar-refractivity contribution in [3.63, 3.8) is 0 Å². The number of nitrogens with zero attached hydrogens (tertiary/aromatic N) is 2. The third-order valence-electron chi connectivity index (χ3n) is 4.21. The molecule has 0 atom stereocenters. The van der Waals surface area contributed by atoms with Crippen LogP contribution in [0.4, 0.5) is 4.39 Å². The van der Waals surface area contributed by atoms with Gasteiger partial charge in [-0.15, -0.1) is 0 Å². The summed E-state index contributed by atoms with van der Waals surface area (Å²) in [6.07, 6.45) is 3.26. The predicted molar refractivity (Wildman–Crippen MR) is 106 cm³/mol. The van der Waals surface area contributed by atoms with Gasteiger partial charge in [0.25, 0.3) is 5.91 Å². The molecule has 3 rings (SSSR count). The molecule has 10 heteroatoms. The highest BCUT2D eigenvalue weighted by Crippen LogP contribution is 2.19. The van der Waals surface area contributed by atoms with Crippen LogP contribution in [0.25, 0.3) is 0 Å². The van der Waals surface area contributed by atoms with Gasteiger partial charge in [-0.2, -0.15) is 0 Å². The fraction of sp³-hybridized carbons (Fsp3) is 0.158. The minimum atomic E-state index is -3.88. The molecule has 29 heavy (non-hydrogen) atoms. The van der Waals surface area contributed by atoms with Crippen molar-refractivity contribution in [1.82, 2.24) is 19.6 Å². The molecule has 1 amide bonds. The molecule has 7 nitrogen and oxygen atoms in total. The monoisotopic (exact) mass is 436 g/mol. The molecule has 2 N–H and O–H groups in total. The Kier molecular flexibility index (Phi) is 6.31. The maximum absolute atomic E-state index is 13.2. The number of aromatic nitrogens is 2. The maximum atomic E-state index is 13.2. The molecular weight excluding hydrogens is 419 g/mol. The quantitative estimate of drug-likeness (QED) is 0.595. The average Bonchev–Trinajstić information content (AvgIpc) is 3.12. The summed E-state index contributed by atoms with van der Waals surface area (Å²) in [4.78, 5) is 16.2. The van der Waals surface area contributed by atoms with E-state index < -0.39 is 15.8 Å². The zero-order valence-electron chi connectivity index (χ0n) is 15.4. The molecule has 3 aromatic rings. The van der Waals surface area contributed by atoms with Crippen molar-refractivity contribution in [2.24, 2.45) is 7.05 Å². The molecule has 152 valence electrons. The van der Waals surface area contributed by atoms with E-state index in [-0.39, 0.29) is 22.4 Å². The molecule has 0 aliphatic heterocycles. The smallest absolute Gasteiger partial charge is 0.253 e. The normalized spacial score (nSPS) is 11.4. The van der Waals surface area contributed by atoms with E-state index in [9.17, 15) is 17.6 Å². The Morgan fingerprint density at radius 3 is 2.62 bits per heavy atom. The highest BCUT2D eigenvalue weighted by atomic mass is 35.5. The summed E-state index contributed by atoms with van der Waals surface area (Å²) in [5.41, 5.74) is 1.73. The van der Waals surface area contributed by atoms with E-state index in [1.165, 1.54) is 6.20 Å². The summed E-state index contributed by atoms with van der Waals surface area (Å²) < 4.78 is 42.0. The molecule has 2 heterocycles. The molecule has 0 spiro atoms. The minimum Gasteiger partial charge on any atom is -0.353 e. The highest BCUT2D eigenvalue weighted by molar-refractivity contribution is 7.89. The van der Waals surface area contributed by atoms with Crippen LogP contribution in [0.15, 0.2) is 59.8 Å². The Morgan fingerprint density at radius 1 is 1.21 bits per heavy atom. The number of amides is 1. The van der Waals surface area contributed by atoms with Gasteiger partial charge in [0.05, 0.1) is 34.3 Å². The molecule has 0 fully saturated rings. The third-order valence-corrected chi connectivity index (χ3v) is 5.90.